The summed E-state index contributed by atoms with van der Waals surface area (Å²) in [6.45, 7) is 5.71. The second-order valence-corrected chi connectivity index (χ2v) is 18.7. The zero-order chi connectivity index (χ0) is 38.3. The second kappa shape index (κ2) is 24.6. The number of rotatable bonds is 29. The van der Waals surface area contributed by atoms with E-state index < -0.39 is 8.32 Å². The Morgan fingerprint density at radius 2 is 1.31 bits per heavy atom. The zero-order valence-electron chi connectivity index (χ0n) is 33.2. The van der Waals surface area contributed by atoms with E-state index in [-0.39, 0.29) is 35.5 Å². The molecule has 0 saturated carbocycles. The Morgan fingerprint density at radius 1 is 0.778 bits per heavy atom. The number of hydrogen-bond donors (Lipinski definition) is 2. The highest BCUT2D eigenvalue weighted by molar-refractivity contribution is 6.97. The van der Waals surface area contributed by atoms with Crippen molar-refractivity contribution in [1.82, 2.24) is 19.5 Å². The maximum absolute atomic E-state index is 13.0. The van der Waals surface area contributed by atoms with Gasteiger partial charge < -0.3 is 19.5 Å². The third-order valence-corrected chi connectivity index (χ3v) is 14.9. The van der Waals surface area contributed by atoms with Crippen molar-refractivity contribution in [3.8, 4) is 0 Å². The fourth-order valence-corrected chi connectivity index (χ4v) is 11.6. The van der Waals surface area contributed by atoms with E-state index >= 15 is 0 Å². The molecule has 2 heterocycles. The standard InChI is InChI=1S/C44H67N5O4Si/c1-3-5-7-8-9-10-11-12-13-14-15-16-17-18-25-30-40(50)52-35-37(34-49-36-46-41-42(49)47-44(45)48-43(41)51)31-32-53-54(33-6-4-2,38-26-21-19-22-27-38)39-28-23-20-24-29-39/h19-24,26-29,36-37H,3-18,25,30-35H2,1-2H3,(H3,45,47,48,51). The molecule has 0 fully saturated rings. The van der Waals surface area contributed by atoms with Gasteiger partial charge in [0, 0.05) is 25.5 Å². The van der Waals surface area contributed by atoms with E-state index in [1.54, 1.807) is 6.33 Å². The summed E-state index contributed by atoms with van der Waals surface area (Å²) in [6.07, 6.45) is 24.2. The first-order valence-electron chi connectivity index (χ1n) is 21.1. The number of fused-ring (bicyclic) bond motifs is 1. The topological polar surface area (TPSA) is 125 Å². The van der Waals surface area contributed by atoms with E-state index in [9.17, 15) is 9.59 Å². The Labute approximate surface area is 325 Å². The molecule has 0 saturated heterocycles. The summed E-state index contributed by atoms with van der Waals surface area (Å²) in [5, 5.41) is 2.52. The van der Waals surface area contributed by atoms with Crippen molar-refractivity contribution in [3.63, 3.8) is 0 Å². The molecule has 9 nitrogen and oxygen atoms in total. The molecule has 2 aromatic carbocycles. The van der Waals surface area contributed by atoms with Gasteiger partial charge in [-0.1, -0.05) is 177 Å². The van der Waals surface area contributed by atoms with Gasteiger partial charge in [-0.25, -0.2) is 4.98 Å². The number of aromatic amines is 1. The molecule has 296 valence electrons. The largest absolute Gasteiger partial charge is 0.465 e. The van der Waals surface area contributed by atoms with Crippen LogP contribution in [0.1, 0.15) is 136 Å². The van der Waals surface area contributed by atoms with Gasteiger partial charge in [0.25, 0.3) is 13.9 Å². The third-order valence-electron chi connectivity index (χ3n) is 10.6. The first kappa shape index (κ1) is 43.0. The minimum atomic E-state index is -2.57. The maximum Gasteiger partial charge on any atom is 0.305 e. The minimum Gasteiger partial charge on any atom is -0.465 e. The molecule has 0 bridgehead atoms. The van der Waals surface area contributed by atoms with Gasteiger partial charge >= 0.3 is 5.97 Å². The van der Waals surface area contributed by atoms with Gasteiger partial charge in [0.1, 0.15) is 0 Å². The lowest BCUT2D eigenvalue weighted by Crippen LogP contribution is -2.61. The highest BCUT2D eigenvalue weighted by Crippen LogP contribution is 2.21. The van der Waals surface area contributed by atoms with Crippen molar-refractivity contribution >= 4 is 41.8 Å². The molecule has 0 aliphatic heterocycles. The fourth-order valence-electron chi connectivity index (χ4n) is 7.47. The van der Waals surface area contributed by atoms with Gasteiger partial charge in [0.15, 0.2) is 11.2 Å². The molecule has 54 heavy (non-hydrogen) atoms. The Kier molecular flexibility index (Phi) is 19.6. The number of carbonyl (C=O) groups excluding carboxylic acids is 1. The number of benzene rings is 2. The summed E-state index contributed by atoms with van der Waals surface area (Å²) in [7, 11) is -2.57. The minimum absolute atomic E-state index is 0.0430. The van der Waals surface area contributed by atoms with Crippen molar-refractivity contribution in [3.05, 3.63) is 77.3 Å². The number of hydrogen-bond acceptors (Lipinski definition) is 7. The van der Waals surface area contributed by atoms with Gasteiger partial charge in [-0.05, 0) is 29.3 Å². The monoisotopic (exact) mass is 757 g/mol. The summed E-state index contributed by atoms with van der Waals surface area (Å²) < 4.78 is 14.9. The van der Waals surface area contributed by atoms with E-state index in [0.717, 1.165) is 31.7 Å². The predicted molar refractivity (Wildman–Crippen MR) is 225 cm³/mol. The summed E-state index contributed by atoms with van der Waals surface area (Å²) >= 11 is 0. The molecule has 0 spiro atoms. The van der Waals surface area contributed by atoms with Crippen molar-refractivity contribution in [2.24, 2.45) is 5.92 Å². The number of nitrogens with zero attached hydrogens (tertiary/aromatic N) is 3. The average Bonchev–Trinajstić information content (AvgIpc) is 3.59. The highest BCUT2D eigenvalue weighted by Gasteiger charge is 2.39. The summed E-state index contributed by atoms with van der Waals surface area (Å²) in [4.78, 5) is 36.7. The fraction of sp³-hybridized carbons (Fsp3) is 0.591. The van der Waals surface area contributed by atoms with Crippen LogP contribution in [0.25, 0.3) is 11.2 Å². The lowest BCUT2D eigenvalue weighted by atomic mass is 10.0. The molecule has 1 atom stereocenters. The van der Waals surface area contributed by atoms with Gasteiger partial charge in [-0.2, -0.15) is 4.98 Å². The number of carbonyl (C=O) groups is 1. The van der Waals surface area contributed by atoms with Crippen molar-refractivity contribution in [2.75, 3.05) is 18.9 Å². The number of esters is 1. The number of anilines is 1. The zero-order valence-corrected chi connectivity index (χ0v) is 34.2. The number of imidazole rings is 1. The quantitative estimate of drug-likeness (QED) is 0.0322. The predicted octanol–water partition coefficient (Wildman–Crippen LogP) is 9.09. The van der Waals surface area contributed by atoms with Crippen LogP contribution in [0.3, 0.4) is 0 Å². The molecule has 0 amide bonds. The molecule has 3 N–H and O–H groups in total. The third kappa shape index (κ3) is 14.1. The lowest BCUT2D eigenvalue weighted by Gasteiger charge is -2.33. The Hall–Kier alpha value is -3.76. The molecular formula is C44H67N5O4Si. The van der Waals surface area contributed by atoms with E-state index in [2.05, 4.69) is 89.5 Å². The van der Waals surface area contributed by atoms with Crippen LogP contribution in [0.2, 0.25) is 6.04 Å². The van der Waals surface area contributed by atoms with Crippen molar-refractivity contribution in [1.29, 1.82) is 0 Å². The van der Waals surface area contributed by atoms with Gasteiger partial charge in [0.05, 0.1) is 12.9 Å². The number of nitrogens with one attached hydrogen (secondary N) is 1. The molecule has 10 heteroatoms. The maximum atomic E-state index is 13.0. The van der Waals surface area contributed by atoms with Crippen LogP contribution in [-0.2, 0) is 20.5 Å². The van der Waals surface area contributed by atoms with Gasteiger partial charge in [-0.3, -0.25) is 14.6 Å². The summed E-state index contributed by atoms with van der Waals surface area (Å²) in [6, 6.07) is 22.3. The Balaban J connectivity index is 1.29. The SMILES string of the molecule is CCCCCCCCCCCCCCCCCC(=O)OCC(CCO[Si](CCCC)(c1ccccc1)c1ccccc1)Cn1cnc2c(=O)[nH]c(N)nc21. The molecule has 4 aromatic rings. The van der Waals surface area contributed by atoms with E-state index in [1.807, 2.05) is 4.57 Å². The molecular weight excluding hydrogens is 691 g/mol. The van der Waals surface area contributed by atoms with Gasteiger partial charge in [0.2, 0.25) is 5.95 Å². The van der Waals surface area contributed by atoms with E-state index in [0.29, 0.717) is 31.6 Å². The average molecular weight is 758 g/mol. The number of nitrogens with two attached hydrogens (primary N) is 1. The van der Waals surface area contributed by atoms with Crippen molar-refractivity contribution in [2.45, 2.75) is 148 Å². The molecule has 0 radical (unpaired) electrons. The smallest absolute Gasteiger partial charge is 0.305 e. The highest BCUT2D eigenvalue weighted by atomic mass is 28.4. The van der Waals surface area contributed by atoms with Crippen LogP contribution < -0.4 is 21.7 Å². The van der Waals surface area contributed by atoms with Crippen LogP contribution in [0.5, 0.6) is 0 Å². The number of ether oxygens (including phenoxy) is 1. The number of nitrogen functional groups attached to an aromatic ring is 1. The Bertz CT molecular complexity index is 1620. The first-order chi connectivity index (χ1) is 26.5. The van der Waals surface area contributed by atoms with Crippen molar-refractivity contribution < 1.29 is 14.0 Å². The number of unbranched alkanes of at least 4 members (excludes halogenated alkanes) is 15. The first-order valence-corrected chi connectivity index (χ1v) is 23.2. The molecule has 2 aromatic heterocycles. The second-order valence-electron chi connectivity index (χ2n) is 15.1. The normalized spacial score (nSPS) is 12.3. The van der Waals surface area contributed by atoms with Crippen LogP contribution >= 0.6 is 0 Å². The summed E-state index contributed by atoms with van der Waals surface area (Å²) in [5.41, 5.74) is 6.19. The van der Waals surface area contributed by atoms with Crippen LogP contribution in [0.4, 0.5) is 5.95 Å². The number of H-pyrrole nitrogens is 1. The number of aromatic nitrogens is 4. The lowest BCUT2D eigenvalue weighted by molar-refractivity contribution is -0.145. The van der Waals surface area contributed by atoms with Crippen LogP contribution in [0, 0.1) is 5.92 Å². The van der Waals surface area contributed by atoms with Crippen LogP contribution in [0.15, 0.2) is 71.8 Å². The Morgan fingerprint density at radius 3 is 1.87 bits per heavy atom. The van der Waals surface area contributed by atoms with Gasteiger partial charge in [-0.15, -0.1) is 0 Å². The van der Waals surface area contributed by atoms with E-state index in [4.69, 9.17) is 14.9 Å². The molecule has 4 rings (SSSR count). The van der Waals surface area contributed by atoms with Crippen LogP contribution in [-0.4, -0.2) is 47.0 Å². The molecule has 0 aliphatic carbocycles. The molecule has 1 unspecified atom stereocenters. The molecule has 0 aliphatic rings. The summed E-state index contributed by atoms with van der Waals surface area (Å²) in [5.74, 6) is -0.203. The van der Waals surface area contributed by atoms with E-state index in [1.165, 1.54) is 93.8 Å².